The molecule has 1 N–H and O–H groups in total. The number of pyridine rings is 1. The summed E-state index contributed by atoms with van der Waals surface area (Å²) in [5.74, 6) is 0.632. The van der Waals surface area contributed by atoms with E-state index in [9.17, 15) is 17.6 Å². The largest absolute Gasteiger partial charge is 0.493 e. The molecule has 0 bridgehead atoms. The van der Waals surface area contributed by atoms with E-state index in [4.69, 9.17) is 4.74 Å². The lowest BCUT2D eigenvalue weighted by Crippen LogP contribution is -2.10. The number of hydrogen-bond donors (Lipinski definition) is 1. The van der Waals surface area contributed by atoms with Gasteiger partial charge in [-0.1, -0.05) is 0 Å². The monoisotopic (exact) mass is 444 g/mol. The van der Waals surface area contributed by atoms with Gasteiger partial charge in [-0.2, -0.15) is 13.2 Å². The second-order valence-electron chi connectivity index (χ2n) is 7.36. The van der Waals surface area contributed by atoms with Crippen LogP contribution in [0.4, 0.5) is 23.5 Å². The van der Waals surface area contributed by atoms with E-state index in [0.717, 1.165) is 17.8 Å². The first kappa shape index (κ1) is 20.2. The van der Waals surface area contributed by atoms with Crippen LogP contribution in [0.3, 0.4) is 0 Å². The zero-order chi connectivity index (χ0) is 22.5. The maximum absolute atomic E-state index is 14.4. The van der Waals surface area contributed by atoms with Gasteiger partial charge in [-0.15, -0.1) is 10.2 Å². The number of alkyl halides is 3. The van der Waals surface area contributed by atoms with Crippen molar-refractivity contribution in [3.05, 3.63) is 65.1 Å². The number of halogens is 4. The van der Waals surface area contributed by atoms with E-state index in [0.29, 0.717) is 52.6 Å². The summed E-state index contributed by atoms with van der Waals surface area (Å²) in [4.78, 5) is 7.82. The molecule has 0 saturated heterocycles. The van der Waals surface area contributed by atoms with Crippen molar-refractivity contribution in [2.24, 2.45) is 0 Å². The first-order valence-electron chi connectivity index (χ1n) is 9.73. The SMILES string of the molecule is Cc1cnc(C(F)(F)F)cc1-c1cnc(NCc2c(F)ccc3c2CCO3)n2cnnc12. The summed E-state index contributed by atoms with van der Waals surface area (Å²) in [7, 11) is 0. The van der Waals surface area contributed by atoms with Crippen LogP contribution in [0.15, 0.2) is 36.9 Å². The molecule has 0 atom stereocenters. The van der Waals surface area contributed by atoms with E-state index >= 15 is 0 Å². The summed E-state index contributed by atoms with van der Waals surface area (Å²) >= 11 is 0. The third-order valence-electron chi connectivity index (χ3n) is 5.38. The molecule has 1 aliphatic rings. The molecule has 0 spiro atoms. The van der Waals surface area contributed by atoms with Crippen LogP contribution in [0.25, 0.3) is 16.8 Å². The number of ether oxygens (including phenoxy) is 1. The van der Waals surface area contributed by atoms with Crippen LogP contribution in [-0.2, 0) is 19.1 Å². The molecule has 32 heavy (non-hydrogen) atoms. The van der Waals surface area contributed by atoms with Crippen LogP contribution in [0.1, 0.15) is 22.4 Å². The molecule has 1 aromatic carbocycles. The quantitative estimate of drug-likeness (QED) is 0.476. The van der Waals surface area contributed by atoms with Crippen molar-refractivity contribution in [1.29, 1.82) is 0 Å². The summed E-state index contributed by atoms with van der Waals surface area (Å²) in [5.41, 5.74) is 1.80. The van der Waals surface area contributed by atoms with Crippen molar-refractivity contribution in [2.45, 2.75) is 26.1 Å². The normalized spacial score (nSPS) is 13.3. The summed E-state index contributed by atoms with van der Waals surface area (Å²) in [5, 5.41) is 11.0. The van der Waals surface area contributed by atoms with Gasteiger partial charge in [-0.05, 0) is 36.2 Å². The lowest BCUT2D eigenvalue weighted by Gasteiger charge is -2.14. The molecule has 11 heteroatoms. The Morgan fingerprint density at radius 1 is 1.16 bits per heavy atom. The number of anilines is 1. The van der Waals surface area contributed by atoms with E-state index < -0.39 is 11.9 Å². The number of aryl methyl sites for hydroxylation is 1. The molecule has 0 saturated carbocycles. The van der Waals surface area contributed by atoms with E-state index in [1.165, 1.54) is 23.0 Å². The van der Waals surface area contributed by atoms with Crippen LogP contribution < -0.4 is 10.1 Å². The van der Waals surface area contributed by atoms with E-state index in [2.05, 4.69) is 25.5 Å². The van der Waals surface area contributed by atoms with Gasteiger partial charge in [0, 0.05) is 42.0 Å². The van der Waals surface area contributed by atoms with Gasteiger partial charge in [0.25, 0.3) is 0 Å². The molecule has 0 aliphatic carbocycles. The Morgan fingerprint density at radius 3 is 2.81 bits per heavy atom. The van der Waals surface area contributed by atoms with Gasteiger partial charge in [0.15, 0.2) is 5.65 Å². The molecule has 164 valence electrons. The van der Waals surface area contributed by atoms with Gasteiger partial charge >= 0.3 is 6.18 Å². The molecule has 1 aliphatic heterocycles. The smallest absolute Gasteiger partial charge is 0.433 e. The predicted octanol–water partition coefficient (Wildman–Crippen LogP) is 4.20. The molecule has 0 amide bonds. The van der Waals surface area contributed by atoms with Crippen LogP contribution in [0, 0.1) is 12.7 Å². The average molecular weight is 444 g/mol. The highest BCUT2D eigenvalue weighted by molar-refractivity contribution is 5.79. The highest BCUT2D eigenvalue weighted by Gasteiger charge is 2.33. The summed E-state index contributed by atoms with van der Waals surface area (Å²) in [6.45, 7) is 2.30. The van der Waals surface area contributed by atoms with Crippen LogP contribution in [-0.4, -0.2) is 31.2 Å². The summed E-state index contributed by atoms with van der Waals surface area (Å²) < 4.78 is 60.9. The van der Waals surface area contributed by atoms with Crippen LogP contribution in [0.2, 0.25) is 0 Å². The Hall–Kier alpha value is -3.76. The van der Waals surface area contributed by atoms with Crippen molar-refractivity contribution in [1.82, 2.24) is 24.6 Å². The standard InChI is InChI=1S/C21H16F4N6O/c1-11-7-26-18(21(23,24)25)6-13(11)15-9-28-20(31-10-29-30-19(15)31)27-8-14-12-4-5-32-17(12)3-2-16(14)22/h2-3,6-7,9-10H,4-5,8H2,1H3,(H,27,28). The van der Waals surface area contributed by atoms with Gasteiger partial charge in [-0.25, -0.2) is 9.37 Å². The lowest BCUT2D eigenvalue weighted by molar-refractivity contribution is -0.141. The number of fused-ring (bicyclic) bond motifs is 2. The van der Waals surface area contributed by atoms with E-state index in [-0.39, 0.29) is 12.4 Å². The maximum atomic E-state index is 14.4. The topological polar surface area (TPSA) is 77.2 Å². The molecule has 3 aromatic heterocycles. The summed E-state index contributed by atoms with van der Waals surface area (Å²) in [6, 6.07) is 3.94. The molecule has 0 fully saturated rings. The van der Waals surface area contributed by atoms with Crippen LogP contribution in [0.5, 0.6) is 5.75 Å². The Labute approximate surface area is 179 Å². The molecule has 4 heterocycles. The van der Waals surface area contributed by atoms with Crippen molar-refractivity contribution in [3.8, 4) is 16.9 Å². The minimum Gasteiger partial charge on any atom is -0.493 e. The van der Waals surface area contributed by atoms with Gasteiger partial charge < -0.3 is 10.1 Å². The third kappa shape index (κ3) is 3.39. The zero-order valence-electron chi connectivity index (χ0n) is 16.7. The van der Waals surface area contributed by atoms with Crippen molar-refractivity contribution in [2.75, 3.05) is 11.9 Å². The van der Waals surface area contributed by atoms with E-state index in [1.807, 2.05) is 0 Å². The number of benzene rings is 1. The Bertz CT molecular complexity index is 1330. The van der Waals surface area contributed by atoms with Crippen LogP contribution >= 0.6 is 0 Å². The van der Waals surface area contributed by atoms with Crippen molar-refractivity contribution in [3.63, 3.8) is 0 Å². The highest BCUT2D eigenvalue weighted by atomic mass is 19.4. The van der Waals surface area contributed by atoms with Crippen molar-refractivity contribution < 1.29 is 22.3 Å². The Balaban J connectivity index is 1.52. The molecule has 5 rings (SSSR count). The van der Waals surface area contributed by atoms with Crippen molar-refractivity contribution >= 4 is 11.6 Å². The first-order chi connectivity index (χ1) is 15.3. The summed E-state index contributed by atoms with van der Waals surface area (Å²) in [6.07, 6.45) is 0.0123. The van der Waals surface area contributed by atoms with Gasteiger partial charge in [0.2, 0.25) is 5.95 Å². The first-order valence-corrected chi connectivity index (χ1v) is 9.73. The number of aromatic nitrogens is 5. The fourth-order valence-electron chi connectivity index (χ4n) is 3.78. The van der Waals surface area contributed by atoms with Gasteiger partial charge in [0.05, 0.1) is 6.61 Å². The number of nitrogens with one attached hydrogen (secondary N) is 1. The fraction of sp³-hybridized carbons (Fsp3) is 0.238. The number of rotatable bonds is 4. The second-order valence-corrected chi connectivity index (χ2v) is 7.36. The second kappa shape index (κ2) is 7.43. The molecule has 7 nitrogen and oxygen atoms in total. The average Bonchev–Trinajstić information content (AvgIpc) is 3.42. The van der Waals surface area contributed by atoms with Gasteiger partial charge in [0.1, 0.15) is 23.6 Å². The molecular weight excluding hydrogens is 428 g/mol. The minimum atomic E-state index is -4.58. The molecule has 0 unspecified atom stereocenters. The third-order valence-corrected chi connectivity index (χ3v) is 5.38. The Kier molecular flexibility index (Phi) is 4.68. The highest BCUT2D eigenvalue weighted by Crippen LogP contribution is 2.34. The zero-order valence-corrected chi connectivity index (χ0v) is 16.7. The molecule has 4 aromatic rings. The lowest BCUT2D eigenvalue weighted by atomic mass is 10.0. The van der Waals surface area contributed by atoms with Gasteiger partial charge in [-0.3, -0.25) is 9.38 Å². The molecular formula is C21H16F4N6O. The predicted molar refractivity (Wildman–Crippen MR) is 107 cm³/mol. The fourth-order valence-corrected chi connectivity index (χ4v) is 3.78. The molecule has 0 radical (unpaired) electrons. The Morgan fingerprint density at radius 2 is 2.00 bits per heavy atom. The van der Waals surface area contributed by atoms with E-state index in [1.54, 1.807) is 13.0 Å². The number of hydrogen-bond acceptors (Lipinski definition) is 6. The number of nitrogens with zero attached hydrogens (tertiary/aromatic N) is 5. The maximum Gasteiger partial charge on any atom is 0.433 e. The minimum absolute atomic E-state index is 0.143.